The Bertz CT molecular complexity index is 1020. The summed E-state index contributed by atoms with van der Waals surface area (Å²) in [6.07, 6.45) is 2.91. The Morgan fingerprint density at radius 1 is 1.12 bits per heavy atom. The number of aromatic nitrogens is 1. The second kappa shape index (κ2) is 11.3. The molecule has 1 aromatic heterocycles. The molecular formula is C26H42NO5PSi. The molecule has 0 radical (unpaired) electrons. The summed E-state index contributed by atoms with van der Waals surface area (Å²) in [6, 6.07) is 7.52. The average Bonchev–Trinajstić information content (AvgIpc) is 2.74. The van der Waals surface area contributed by atoms with E-state index >= 15 is 0 Å². The monoisotopic (exact) mass is 507 g/mol. The zero-order valence-electron chi connectivity index (χ0n) is 22.5. The number of rotatable bonds is 11. The zero-order valence-corrected chi connectivity index (χ0v) is 24.4. The Kier molecular flexibility index (Phi) is 9.42. The smallest absolute Gasteiger partial charge is 0.382 e. The van der Waals surface area contributed by atoms with Gasteiger partial charge in [0.1, 0.15) is 11.5 Å². The molecule has 0 aliphatic rings. The molecule has 6 nitrogen and oxygen atoms in total. The molecule has 0 aliphatic carbocycles. The SMILES string of the molecule is CCOP(=O)(Oc1cc(C)c(O[Si](C)(C)C(C)(C)C)c(OC)c1)C(CC)Cc1ncccc1C. The fourth-order valence-corrected chi connectivity index (χ4v) is 6.51. The van der Waals surface area contributed by atoms with Gasteiger partial charge < -0.3 is 13.7 Å². The van der Waals surface area contributed by atoms with E-state index in [-0.39, 0.29) is 17.3 Å². The van der Waals surface area contributed by atoms with E-state index in [0.717, 1.165) is 16.8 Å². The van der Waals surface area contributed by atoms with E-state index in [0.29, 0.717) is 30.1 Å². The molecule has 1 heterocycles. The molecule has 0 N–H and O–H groups in total. The number of benzene rings is 1. The molecule has 8 heteroatoms. The van der Waals surface area contributed by atoms with Gasteiger partial charge in [-0.3, -0.25) is 9.51 Å². The highest BCUT2D eigenvalue weighted by atomic mass is 31.2. The van der Waals surface area contributed by atoms with Gasteiger partial charge in [-0.15, -0.1) is 0 Å². The number of nitrogens with zero attached hydrogens (tertiary/aromatic N) is 1. The third kappa shape index (κ3) is 6.64. The van der Waals surface area contributed by atoms with Crippen LogP contribution in [0.4, 0.5) is 0 Å². The lowest BCUT2D eigenvalue weighted by atomic mass is 10.1. The summed E-state index contributed by atoms with van der Waals surface area (Å²) in [5.74, 6) is 1.73. The van der Waals surface area contributed by atoms with Crippen LogP contribution in [-0.2, 0) is 15.5 Å². The summed E-state index contributed by atoms with van der Waals surface area (Å²) >= 11 is 0. The Morgan fingerprint density at radius 2 is 1.79 bits per heavy atom. The minimum Gasteiger partial charge on any atom is -0.541 e. The molecule has 190 valence electrons. The highest BCUT2D eigenvalue weighted by Crippen LogP contribution is 2.56. The molecular weight excluding hydrogens is 465 g/mol. The van der Waals surface area contributed by atoms with Crippen LogP contribution in [0.2, 0.25) is 18.1 Å². The van der Waals surface area contributed by atoms with E-state index in [1.54, 1.807) is 19.4 Å². The molecule has 0 saturated heterocycles. The third-order valence-electron chi connectivity index (χ3n) is 6.60. The average molecular weight is 508 g/mol. The molecule has 0 amide bonds. The number of pyridine rings is 1. The molecule has 0 fully saturated rings. The Hall–Kier alpha value is -1.82. The lowest BCUT2D eigenvalue weighted by Gasteiger charge is -2.37. The van der Waals surface area contributed by atoms with E-state index in [9.17, 15) is 4.57 Å². The maximum Gasteiger partial charge on any atom is 0.382 e. The van der Waals surface area contributed by atoms with Gasteiger partial charge in [0.15, 0.2) is 5.75 Å². The Balaban J connectivity index is 2.41. The summed E-state index contributed by atoms with van der Waals surface area (Å²) in [4.78, 5) is 4.49. The lowest BCUT2D eigenvalue weighted by Crippen LogP contribution is -2.44. The maximum atomic E-state index is 14.0. The fourth-order valence-electron chi connectivity index (χ4n) is 3.42. The molecule has 2 atom stereocenters. The lowest BCUT2D eigenvalue weighted by molar-refractivity contribution is 0.267. The summed E-state index contributed by atoms with van der Waals surface area (Å²) in [7, 11) is -3.97. The third-order valence-corrected chi connectivity index (χ3v) is 13.5. The van der Waals surface area contributed by atoms with Crippen molar-refractivity contribution in [2.45, 2.75) is 85.1 Å². The van der Waals surface area contributed by atoms with Gasteiger partial charge in [-0.25, -0.2) is 4.57 Å². The van der Waals surface area contributed by atoms with Crippen molar-refractivity contribution in [2.24, 2.45) is 0 Å². The Morgan fingerprint density at radius 3 is 2.32 bits per heavy atom. The molecule has 0 spiro atoms. The van der Waals surface area contributed by atoms with Gasteiger partial charge in [-0.1, -0.05) is 33.8 Å². The van der Waals surface area contributed by atoms with Crippen molar-refractivity contribution >= 4 is 15.9 Å². The predicted molar refractivity (Wildman–Crippen MR) is 142 cm³/mol. The van der Waals surface area contributed by atoms with Crippen molar-refractivity contribution in [1.29, 1.82) is 0 Å². The number of hydrogen-bond donors (Lipinski definition) is 0. The van der Waals surface area contributed by atoms with Gasteiger partial charge in [0.05, 0.1) is 19.4 Å². The topological polar surface area (TPSA) is 66.9 Å². The van der Waals surface area contributed by atoms with Gasteiger partial charge in [0.25, 0.3) is 8.32 Å². The molecule has 34 heavy (non-hydrogen) atoms. The van der Waals surface area contributed by atoms with Gasteiger partial charge in [-0.05, 0) is 68.6 Å². The van der Waals surface area contributed by atoms with Crippen molar-refractivity contribution in [3.63, 3.8) is 0 Å². The van der Waals surface area contributed by atoms with Crippen LogP contribution < -0.4 is 13.7 Å². The Labute approximate surface area is 207 Å². The second-order valence-corrected chi connectivity index (χ2v) is 17.2. The highest BCUT2D eigenvalue weighted by molar-refractivity contribution is 7.55. The van der Waals surface area contributed by atoms with E-state index in [2.05, 4.69) is 38.8 Å². The minimum atomic E-state index is -3.50. The van der Waals surface area contributed by atoms with Crippen LogP contribution in [-0.4, -0.2) is 32.7 Å². The van der Waals surface area contributed by atoms with E-state index in [4.69, 9.17) is 18.2 Å². The summed E-state index contributed by atoms with van der Waals surface area (Å²) < 4.78 is 38.3. The van der Waals surface area contributed by atoms with Crippen LogP contribution in [0.25, 0.3) is 0 Å². The maximum absolute atomic E-state index is 14.0. The van der Waals surface area contributed by atoms with Gasteiger partial charge >= 0.3 is 7.60 Å². The standard InChI is InChI=1S/C26H42NO5PSi/c1-11-22(18-23-19(3)14-13-15-27-23)33(28,30-12-2)31-21-16-20(4)25(24(17-21)29-8)32-34(9,10)26(5,6)7/h13-17,22H,11-12,18H2,1-10H3. The molecule has 2 aromatic rings. The van der Waals surface area contributed by atoms with Crippen molar-refractivity contribution in [2.75, 3.05) is 13.7 Å². The van der Waals surface area contributed by atoms with Crippen LogP contribution in [0.15, 0.2) is 30.5 Å². The first-order valence-corrected chi connectivity index (χ1v) is 16.5. The van der Waals surface area contributed by atoms with Gasteiger partial charge in [0, 0.05) is 24.4 Å². The van der Waals surface area contributed by atoms with Crippen molar-refractivity contribution < 1.29 is 22.8 Å². The predicted octanol–water partition coefficient (Wildman–Crippen LogP) is 7.72. The summed E-state index contributed by atoms with van der Waals surface area (Å²) in [6.45, 7) is 19.1. The van der Waals surface area contributed by atoms with Crippen LogP contribution in [0, 0.1) is 13.8 Å². The van der Waals surface area contributed by atoms with Gasteiger partial charge in [0.2, 0.25) is 0 Å². The summed E-state index contributed by atoms with van der Waals surface area (Å²) in [5.41, 5.74) is 2.52. The molecule has 2 unspecified atom stereocenters. The normalized spacial score (nSPS) is 14.9. The molecule has 0 saturated carbocycles. The fraction of sp³-hybridized carbons (Fsp3) is 0.577. The molecule has 0 bridgehead atoms. The van der Waals surface area contributed by atoms with Crippen molar-refractivity contribution in [1.82, 2.24) is 4.98 Å². The van der Waals surface area contributed by atoms with Crippen molar-refractivity contribution in [3.05, 3.63) is 47.3 Å². The van der Waals surface area contributed by atoms with Crippen molar-refractivity contribution in [3.8, 4) is 17.2 Å². The van der Waals surface area contributed by atoms with E-state index in [1.165, 1.54) is 0 Å². The first kappa shape index (κ1) is 28.4. The van der Waals surface area contributed by atoms with Gasteiger partial charge in [-0.2, -0.15) is 0 Å². The zero-order chi connectivity index (χ0) is 25.7. The van der Waals surface area contributed by atoms with Crippen LogP contribution in [0.1, 0.15) is 57.9 Å². The molecule has 2 rings (SSSR count). The number of methoxy groups -OCH3 is 1. The van der Waals surface area contributed by atoms with Crippen LogP contribution in [0.3, 0.4) is 0 Å². The number of hydrogen-bond acceptors (Lipinski definition) is 6. The summed E-state index contributed by atoms with van der Waals surface area (Å²) in [5, 5.41) is 0.0439. The number of aryl methyl sites for hydroxylation is 2. The van der Waals surface area contributed by atoms with E-state index in [1.807, 2.05) is 45.9 Å². The van der Waals surface area contributed by atoms with E-state index < -0.39 is 15.9 Å². The largest absolute Gasteiger partial charge is 0.541 e. The quantitative estimate of drug-likeness (QED) is 0.229. The number of ether oxygens (including phenoxy) is 1. The second-order valence-electron chi connectivity index (χ2n) is 10.2. The minimum absolute atomic E-state index is 0.0439. The van der Waals surface area contributed by atoms with Crippen LogP contribution in [0.5, 0.6) is 17.2 Å². The first-order chi connectivity index (χ1) is 15.8. The first-order valence-electron chi connectivity index (χ1n) is 12.0. The van der Waals surface area contributed by atoms with Crippen LogP contribution >= 0.6 is 7.60 Å². The molecule has 0 aliphatic heterocycles. The highest BCUT2D eigenvalue weighted by Gasteiger charge is 2.40. The molecule has 1 aromatic carbocycles.